The third-order valence-electron chi connectivity index (χ3n) is 6.27. The largest absolute Gasteiger partial charge is 0.346 e. The van der Waals surface area contributed by atoms with Crippen LogP contribution < -0.4 is 5.69 Å². The third kappa shape index (κ3) is 6.44. The number of aromatic nitrogens is 7. The zero-order valence-corrected chi connectivity index (χ0v) is 21.2. The number of nitrogens with zero attached hydrogens (tertiary/aromatic N) is 6. The summed E-state index contributed by atoms with van der Waals surface area (Å²) in [5.74, 6) is 1.28. The summed E-state index contributed by atoms with van der Waals surface area (Å²) in [5, 5.41) is 18.9. The van der Waals surface area contributed by atoms with Crippen LogP contribution in [0.4, 0.5) is 0 Å². The molecule has 0 atom stereocenters. The molecule has 8 heteroatoms. The van der Waals surface area contributed by atoms with Crippen LogP contribution in [-0.4, -0.2) is 35.0 Å². The average Bonchev–Trinajstić information content (AvgIpc) is 3.55. The van der Waals surface area contributed by atoms with Crippen molar-refractivity contribution in [3.8, 4) is 22.5 Å². The Kier molecular flexibility index (Phi) is 8.97. The molecule has 4 aromatic rings. The van der Waals surface area contributed by atoms with Crippen molar-refractivity contribution in [2.75, 3.05) is 0 Å². The number of hydrogen-bond donors (Lipinski definition) is 1. The van der Waals surface area contributed by atoms with E-state index < -0.39 is 0 Å². The first-order valence-electron chi connectivity index (χ1n) is 13.0. The molecule has 0 spiro atoms. The zero-order valence-electron chi connectivity index (χ0n) is 21.2. The fraction of sp³-hybridized carbons (Fsp3) is 0.393. The van der Waals surface area contributed by atoms with Crippen LogP contribution >= 0.6 is 0 Å². The van der Waals surface area contributed by atoms with Crippen molar-refractivity contribution < 1.29 is 0 Å². The van der Waals surface area contributed by atoms with Crippen molar-refractivity contribution in [2.45, 2.75) is 71.9 Å². The first kappa shape index (κ1) is 25.3. The Hall–Kier alpha value is -3.81. The van der Waals surface area contributed by atoms with Crippen molar-refractivity contribution in [1.29, 1.82) is 0 Å². The monoisotopic (exact) mass is 485 g/mol. The summed E-state index contributed by atoms with van der Waals surface area (Å²) in [6, 6.07) is 16.4. The second-order valence-corrected chi connectivity index (χ2v) is 9.04. The summed E-state index contributed by atoms with van der Waals surface area (Å²) >= 11 is 0. The number of aromatic amines is 1. The molecule has 0 saturated carbocycles. The van der Waals surface area contributed by atoms with Gasteiger partial charge in [0.2, 0.25) is 5.82 Å². The van der Waals surface area contributed by atoms with Gasteiger partial charge >= 0.3 is 5.69 Å². The highest BCUT2D eigenvalue weighted by atomic mass is 16.2. The molecule has 0 radical (unpaired) electrons. The van der Waals surface area contributed by atoms with Crippen molar-refractivity contribution in [3.63, 3.8) is 0 Å². The molecule has 1 N–H and O–H groups in total. The molecule has 0 aliphatic carbocycles. The van der Waals surface area contributed by atoms with Crippen LogP contribution in [0.3, 0.4) is 0 Å². The topological polar surface area (TPSA) is 94.3 Å². The fourth-order valence-electron chi connectivity index (χ4n) is 4.25. The van der Waals surface area contributed by atoms with E-state index in [1.54, 1.807) is 9.25 Å². The van der Waals surface area contributed by atoms with Crippen molar-refractivity contribution in [1.82, 2.24) is 35.0 Å². The third-order valence-corrected chi connectivity index (χ3v) is 6.27. The summed E-state index contributed by atoms with van der Waals surface area (Å²) in [6.45, 7) is 5.46. The lowest BCUT2D eigenvalue weighted by Crippen LogP contribution is -2.25. The SMILES string of the molecule is CC/C=C/c1nn(CCCCCCCC)c(=O)n1Cc1ccc(-c2cccc(-c3nn[nH]n3)c2)cc1. The predicted octanol–water partition coefficient (Wildman–Crippen LogP) is 5.72. The van der Waals surface area contributed by atoms with Gasteiger partial charge in [-0.25, -0.2) is 9.48 Å². The van der Waals surface area contributed by atoms with Gasteiger partial charge in [0.1, 0.15) is 0 Å². The highest BCUT2D eigenvalue weighted by Gasteiger charge is 2.12. The van der Waals surface area contributed by atoms with Gasteiger partial charge in [0.05, 0.1) is 6.54 Å². The summed E-state index contributed by atoms with van der Waals surface area (Å²) in [7, 11) is 0. The van der Waals surface area contributed by atoms with E-state index in [-0.39, 0.29) is 5.69 Å². The van der Waals surface area contributed by atoms with Gasteiger partial charge in [0.25, 0.3) is 0 Å². The summed E-state index contributed by atoms with van der Waals surface area (Å²) in [6.07, 6.45) is 12.0. The molecular weight excluding hydrogens is 450 g/mol. The van der Waals surface area contributed by atoms with Crippen molar-refractivity contribution in [2.24, 2.45) is 0 Å². The Labute approximate surface area is 212 Å². The average molecular weight is 486 g/mol. The lowest BCUT2D eigenvalue weighted by Gasteiger charge is -2.07. The minimum Gasteiger partial charge on any atom is -0.271 e. The number of unbranched alkanes of at least 4 members (excludes halogenated alkanes) is 5. The minimum atomic E-state index is -0.0452. The van der Waals surface area contributed by atoms with Gasteiger partial charge in [0.15, 0.2) is 5.82 Å². The number of nitrogens with one attached hydrogen (secondary N) is 1. The number of H-pyrrole nitrogens is 1. The summed E-state index contributed by atoms with van der Waals surface area (Å²) < 4.78 is 3.40. The Morgan fingerprint density at radius 2 is 1.69 bits per heavy atom. The Balaban J connectivity index is 1.48. The lowest BCUT2D eigenvalue weighted by molar-refractivity contribution is 0.511. The maximum absolute atomic E-state index is 13.2. The molecule has 188 valence electrons. The molecule has 0 aliphatic rings. The second-order valence-electron chi connectivity index (χ2n) is 9.04. The van der Waals surface area contributed by atoms with E-state index in [4.69, 9.17) is 0 Å². The number of aryl methyl sites for hydroxylation is 1. The minimum absolute atomic E-state index is 0.0452. The molecule has 0 unspecified atom stereocenters. The molecule has 2 aromatic heterocycles. The van der Waals surface area contributed by atoms with Crippen LogP contribution in [0.5, 0.6) is 0 Å². The summed E-state index contributed by atoms with van der Waals surface area (Å²) in [4.78, 5) is 13.2. The van der Waals surface area contributed by atoms with E-state index >= 15 is 0 Å². The van der Waals surface area contributed by atoms with Gasteiger partial charge < -0.3 is 0 Å². The van der Waals surface area contributed by atoms with Crippen LogP contribution in [0.2, 0.25) is 0 Å². The molecule has 0 bridgehead atoms. The van der Waals surface area contributed by atoms with E-state index in [1.165, 1.54) is 25.7 Å². The number of tetrazole rings is 1. The molecule has 8 nitrogen and oxygen atoms in total. The van der Waals surface area contributed by atoms with E-state index in [9.17, 15) is 4.79 Å². The molecule has 36 heavy (non-hydrogen) atoms. The Morgan fingerprint density at radius 1 is 0.917 bits per heavy atom. The van der Waals surface area contributed by atoms with Gasteiger partial charge in [-0.2, -0.15) is 10.3 Å². The van der Waals surface area contributed by atoms with Gasteiger partial charge in [-0.05, 0) is 46.9 Å². The van der Waals surface area contributed by atoms with Crippen LogP contribution in [0, 0.1) is 0 Å². The van der Waals surface area contributed by atoms with Crippen LogP contribution in [0.1, 0.15) is 70.2 Å². The molecule has 4 rings (SSSR count). The number of rotatable bonds is 13. The number of benzene rings is 2. The van der Waals surface area contributed by atoms with E-state index in [0.717, 1.165) is 41.5 Å². The van der Waals surface area contributed by atoms with Gasteiger partial charge in [-0.1, -0.05) is 94.5 Å². The number of hydrogen-bond acceptors (Lipinski definition) is 5. The van der Waals surface area contributed by atoms with Crippen LogP contribution in [0.25, 0.3) is 28.6 Å². The maximum Gasteiger partial charge on any atom is 0.346 e. The van der Waals surface area contributed by atoms with Crippen molar-refractivity contribution >= 4 is 6.08 Å². The van der Waals surface area contributed by atoms with Gasteiger partial charge in [0, 0.05) is 12.1 Å². The Bertz CT molecular complexity index is 1300. The second kappa shape index (κ2) is 12.8. The smallest absolute Gasteiger partial charge is 0.271 e. The molecule has 2 heterocycles. The summed E-state index contributed by atoms with van der Waals surface area (Å²) in [5.41, 5.74) is 4.07. The molecule has 2 aromatic carbocycles. The van der Waals surface area contributed by atoms with E-state index in [0.29, 0.717) is 24.7 Å². The predicted molar refractivity (Wildman–Crippen MR) is 143 cm³/mol. The number of allylic oxidation sites excluding steroid dienone is 1. The highest BCUT2D eigenvalue weighted by Crippen LogP contribution is 2.24. The molecule has 0 saturated heterocycles. The fourth-order valence-corrected chi connectivity index (χ4v) is 4.25. The first-order chi connectivity index (χ1) is 17.7. The molecule has 0 aliphatic heterocycles. The van der Waals surface area contributed by atoms with Crippen molar-refractivity contribution in [3.05, 3.63) is 76.5 Å². The Morgan fingerprint density at radius 3 is 2.44 bits per heavy atom. The highest BCUT2D eigenvalue weighted by molar-refractivity contribution is 5.70. The zero-order chi connectivity index (χ0) is 25.2. The van der Waals surface area contributed by atoms with Gasteiger partial charge in [-0.15, -0.1) is 10.2 Å². The normalized spacial score (nSPS) is 11.5. The molecule has 0 amide bonds. The van der Waals surface area contributed by atoms with Crippen LogP contribution in [0.15, 0.2) is 59.4 Å². The lowest BCUT2D eigenvalue weighted by atomic mass is 10.0. The standard InChI is InChI=1S/C28H35N7O/c1-3-5-7-8-9-10-19-35-28(36)34(26(31-35)14-6-4-2)21-22-15-17-23(18-16-22)24-12-11-13-25(20-24)27-29-32-33-30-27/h6,11-18,20H,3-5,7-10,19,21H2,1-2H3,(H,29,30,32,33)/b14-6+. The van der Waals surface area contributed by atoms with E-state index in [1.807, 2.05) is 30.4 Å². The molecular formula is C28H35N7O. The van der Waals surface area contributed by atoms with E-state index in [2.05, 4.69) is 69.9 Å². The maximum atomic E-state index is 13.2. The molecule has 0 fully saturated rings. The quantitative estimate of drug-likeness (QED) is 0.244. The van der Waals surface area contributed by atoms with Gasteiger partial charge in [-0.3, -0.25) is 4.57 Å². The van der Waals surface area contributed by atoms with Crippen LogP contribution in [-0.2, 0) is 13.1 Å². The first-order valence-corrected chi connectivity index (χ1v) is 13.0.